The number of fused-ring (bicyclic) bond motifs is 1. The van der Waals surface area contributed by atoms with Gasteiger partial charge in [0.15, 0.2) is 6.29 Å². The van der Waals surface area contributed by atoms with Crippen LogP contribution < -0.4 is 10.1 Å². The molecular weight excluding hydrogens is 371 g/mol. The fourth-order valence-electron chi connectivity index (χ4n) is 3.54. The van der Waals surface area contributed by atoms with Crippen molar-refractivity contribution in [3.05, 3.63) is 71.7 Å². The summed E-state index contributed by atoms with van der Waals surface area (Å²) in [5.41, 5.74) is 3.06. The van der Waals surface area contributed by atoms with Gasteiger partial charge in [0.25, 0.3) is 0 Å². The molecule has 3 aromatic rings. The van der Waals surface area contributed by atoms with Gasteiger partial charge in [0, 0.05) is 24.5 Å². The zero-order chi connectivity index (χ0) is 20.1. The average Bonchev–Trinajstić information content (AvgIpc) is 2.76. The van der Waals surface area contributed by atoms with Crippen LogP contribution in [-0.2, 0) is 22.4 Å². The maximum Gasteiger partial charge on any atom is 0.158 e. The van der Waals surface area contributed by atoms with Crippen molar-refractivity contribution < 1.29 is 18.6 Å². The normalized spacial score (nSPS) is 19.4. The van der Waals surface area contributed by atoms with Crippen LogP contribution in [0.1, 0.15) is 17.5 Å². The fraction of sp³-hybridized carbons (Fsp3) is 0.348. The van der Waals surface area contributed by atoms with E-state index >= 15 is 0 Å². The Morgan fingerprint density at radius 2 is 2.00 bits per heavy atom. The quantitative estimate of drug-likeness (QED) is 0.658. The van der Waals surface area contributed by atoms with E-state index in [9.17, 15) is 4.39 Å². The highest BCUT2D eigenvalue weighted by molar-refractivity contribution is 5.83. The predicted molar refractivity (Wildman–Crippen MR) is 109 cm³/mol. The molecule has 1 saturated heterocycles. The number of pyridine rings is 1. The molecule has 29 heavy (non-hydrogen) atoms. The molecule has 4 rings (SSSR count). The predicted octanol–water partition coefficient (Wildman–Crippen LogP) is 3.85. The van der Waals surface area contributed by atoms with E-state index in [2.05, 4.69) is 10.3 Å². The molecule has 0 bridgehead atoms. The molecule has 152 valence electrons. The molecule has 0 amide bonds. The molecule has 0 unspecified atom stereocenters. The van der Waals surface area contributed by atoms with Crippen LogP contribution in [0.2, 0.25) is 0 Å². The summed E-state index contributed by atoms with van der Waals surface area (Å²) in [5.74, 6) is 0.603. The monoisotopic (exact) mass is 396 g/mol. The van der Waals surface area contributed by atoms with Crippen molar-refractivity contribution in [2.45, 2.75) is 31.7 Å². The number of aryl methyl sites for hydroxylation is 1. The van der Waals surface area contributed by atoms with Crippen LogP contribution in [0.15, 0.2) is 54.7 Å². The third-order valence-corrected chi connectivity index (χ3v) is 5.14. The fourth-order valence-corrected chi connectivity index (χ4v) is 3.54. The molecular formula is C23H25FN2O3. The molecule has 6 heteroatoms. The van der Waals surface area contributed by atoms with Gasteiger partial charge in [-0.05, 0) is 53.9 Å². The number of nitrogens with zero attached hydrogens (tertiary/aromatic N) is 1. The number of benzene rings is 2. The Kier molecular flexibility index (Phi) is 6.34. The molecule has 1 fully saturated rings. The van der Waals surface area contributed by atoms with Crippen LogP contribution in [0.3, 0.4) is 0 Å². The zero-order valence-electron chi connectivity index (χ0n) is 16.4. The van der Waals surface area contributed by atoms with Gasteiger partial charge >= 0.3 is 0 Å². The van der Waals surface area contributed by atoms with Gasteiger partial charge in [0.05, 0.1) is 31.9 Å². The van der Waals surface area contributed by atoms with Gasteiger partial charge in [-0.2, -0.15) is 0 Å². The van der Waals surface area contributed by atoms with E-state index in [0.717, 1.165) is 35.1 Å². The second kappa shape index (κ2) is 9.31. The first-order chi connectivity index (χ1) is 14.2. The number of hydrogen-bond acceptors (Lipinski definition) is 5. The van der Waals surface area contributed by atoms with Crippen LogP contribution in [0, 0.1) is 5.82 Å². The van der Waals surface area contributed by atoms with Gasteiger partial charge < -0.3 is 19.5 Å². The van der Waals surface area contributed by atoms with Crippen molar-refractivity contribution in [2.75, 3.05) is 20.3 Å². The molecule has 1 aliphatic rings. The zero-order valence-corrected chi connectivity index (χ0v) is 16.4. The molecule has 0 saturated carbocycles. The molecule has 2 heterocycles. The van der Waals surface area contributed by atoms with Gasteiger partial charge in [-0.15, -0.1) is 0 Å². The molecule has 1 aliphatic heterocycles. The van der Waals surface area contributed by atoms with E-state index < -0.39 is 0 Å². The Labute approximate surface area is 169 Å². The summed E-state index contributed by atoms with van der Waals surface area (Å²) in [6.07, 6.45) is 3.21. The lowest BCUT2D eigenvalue weighted by Crippen LogP contribution is -2.44. The van der Waals surface area contributed by atoms with Gasteiger partial charge in [0.2, 0.25) is 0 Å². The topological polar surface area (TPSA) is 52.6 Å². The maximum atomic E-state index is 13.3. The third kappa shape index (κ3) is 5.09. The van der Waals surface area contributed by atoms with Crippen LogP contribution in [-0.4, -0.2) is 37.6 Å². The van der Waals surface area contributed by atoms with Crippen LogP contribution in [0.25, 0.3) is 10.9 Å². The summed E-state index contributed by atoms with van der Waals surface area (Å²) in [7, 11) is 1.67. The summed E-state index contributed by atoms with van der Waals surface area (Å²) < 4.78 is 30.4. The van der Waals surface area contributed by atoms with E-state index in [1.807, 2.05) is 36.5 Å². The smallest absolute Gasteiger partial charge is 0.158 e. The van der Waals surface area contributed by atoms with E-state index in [1.165, 1.54) is 17.7 Å². The van der Waals surface area contributed by atoms with Crippen molar-refractivity contribution in [1.82, 2.24) is 10.3 Å². The first kappa shape index (κ1) is 19.8. The standard InChI is InChI=1S/C23H25FN2O3/c1-27-20-6-7-22-21(12-20)17(9-10-25-22)5-8-23-28-14-19(15-29-23)26-13-16-3-2-4-18(24)11-16/h2-4,6-7,9-12,19,23,26H,5,8,13-15H2,1H3/t19-,23-. The van der Waals surface area contributed by atoms with Gasteiger partial charge in [0.1, 0.15) is 11.6 Å². The highest BCUT2D eigenvalue weighted by atomic mass is 19.1. The Hall–Kier alpha value is -2.54. The summed E-state index contributed by atoms with van der Waals surface area (Å²) in [4.78, 5) is 4.42. The van der Waals surface area contributed by atoms with Crippen molar-refractivity contribution in [2.24, 2.45) is 0 Å². The summed E-state index contributed by atoms with van der Waals surface area (Å²) in [6, 6.07) is 14.6. The van der Waals surface area contributed by atoms with E-state index in [4.69, 9.17) is 14.2 Å². The Balaban J connectivity index is 1.27. The minimum atomic E-state index is -0.226. The number of hydrogen-bond donors (Lipinski definition) is 1. The lowest BCUT2D eigenvalue weighted by atomic mass is 10.0. The minimum Gasteiger partial charge on any atom is -0.497 e. The first-order valence-electron chi connectivity index (χ1n) is 9.84. The van der Waals surface area contributed by atoms with Crippen molar-refractivity contribution in [3.8, 4) is 5.75 Å². The largest absolute Gasteiger partial charge is 0.497 e. The third-order valence-electron chi connectivity index (χ3n) is 5.14. The van der Waals surface area contributed by atoms with Crippen LogP contribution in [0.5, 0.6) is 5.75 Å². The van der Waals surface area contributed by atoms with Gasteiger partial charge in [-0.3, -0.25) is 4.98 Å². The molecule has 1 N–H and O–H groups in total. The molecule has 0 aliphatic carbocycles. The number of aromatic nitrogens is 1. The highest BCUT2D eigenvalue weighted by Gasteiger charge is 2.22. The Morgan fingerprint density at radius 1 is 1.14 bits per heavy atom. The summed E-state index contributed by atoms with van der Waals surface area (Å²) in [6.45, 7) is 1.74. The molecule has 1 aromatic heterocycles. The highest BCUT2D eigenvalue weighted by Crippen LogP contribution is 2.24. The summed E-state index contributed by atoms with van der Waals surface area (Å²) >= 11 is 0. The molecule has 5 nitrogen and oxygen atoms in total. The first-order valence-corrected chi connectivity index (χ1v) is 9.84. The molecule has 0 radical (unpaired) electrons. The number of rotatable bonds is 7. The van der Waals surface area contributed by atoms with Gasteiger partial charge in [-0.1, -0.05) is 12.1 Å². The number of nitrogens with one attached hydrogen (secondary N) is 1. The van der Waals surface area contributed by atoms with Crippen LogP contribution in [0.4, 0.5) is 4.39 Å². The minimum absolute atomic E-state index is 0.0977. The number of halogens is 1. The number of ether oxygens (including phenoxy) is 3. The Bertz CT molecular complexity index is 958. The van der Waals surface area contributed by atoms with E-state index in [-0.39, 0.29) is 18.1 Å². The van der Waals surface area contributed by atoms with E-state index in [0.29, 0.717) is 19.8 Å². The maximum absolute atomic E-state index is 13.3. The van der Waals surface area contributed by atoms with Crippen molar-refractivity contribution in [3.63, 3.8) is 0 Å². The molecule has 2 aromatic carbocycles. The average molecular weight is 396 g/mol. The second-order valence-electron chi connectivity index (χ2n) is 7.20. The molecule has 0 atom stereocenters. The lowest BCUT2D eigenvalue weighted by molar-refractivity contribution is -0.192. The van der Waals surface area contributed by atoms with E-state index in [1.54, 1.807) is 13.2 Å². The van der Waals surface area contributed by atoms with Crippen LogP contribution >= 0.6 is 0 Å². The Morgan fingerprint density at radius 3 is 2.79 bits per heavy atom. The van der Waals surface area contributed by atoms with Crippen molar-refractivity contribution in [1.29, 1.82) is 0 Å². The number of methoxy groups -OCH3 is 1. The summed E-state index contributed by atoms with van der Waals surface area (Å²) in [5, 5.41) is 4.45. The SMILES string of the molecule is COc1ccc2nccc(CC[C@H]3OC[C@H](NCc4cccc(F)c4)CO3)c2c1. The lowest BCUT2D eigenvalue weighted by Gasteiger charge is -2.30. The van der Waals surface area contributed by atoms with Crippen molar-refractivity contribution >= 4 is 10.9 Å². The second-order valence-corrected chi connectivity index (χ2v) is 7.20. The van der Waals surface area contributed by atoms with Gasteiger partial charge in [-0.25, -0.2) is 4.39 Å². The molecule has 0 spiro atoms.